The number of urea groups is 1. The predicted octanol–water partition coefficient (Wildman–Crippen LogP) is 0.128. The van der Waals surface area contributed by atoms with Gasteiger partial charge in [-0.3, -0.25) is 0 Å². The van der Waals surface area contributed by atoms with Gasteiger partial charge in [0.15, 0.2) is 5.82 Å². The molecule has 0 bridgehead atoms. The molecule has 0 spiro atoms. The van der Waals surface area contributed by atoms with Gasteiger partial charge in [-0.05, 0) is 12.1 Å². The van der Waals surface area contributed by atoms with E-state index in [2.05, 4.69) is 25.5 Å². The number of nitrogens with one attached hydrogen (secondary N) is 3. The molecule has 0 atom stereocenters. The first-order valence-corrected chi connectivity index (χ1v) is 9.17. The molecule has 10 heteroatoms. The molecule has 1 aromatic carbocycles. The van der Waals surface area contributed by atoms with Crippen LogP contribution in [0.25, 0.3) is 11.5 Å². The fourth-order valence-corrected chi connectivity index (χ4v) is 2.29. The minimum Gasteiger partial charge on any atom is -0.338 e. The molecule has 0 aliphatic heterocycles. The first kappa shape index (κ1) is 17.9. The van der Waals surface area contributed by atoms with Crippen molar-refractivity contribution < 1.29 is 17.7 Å². The average molecular weight is 353 g/mol. The van der Waals surface area contributed by atoms with E-state index in [4.69, 9.17) is 4.52 Å². The van der Waals surface area contributed by atoms with Crippen molar-refractivity contribution in [3.05, 3.63) is 36.2 Å². The summed E-state index contributed by atoms with van der Waals surface area (Å²) >= 11 is 0. The molecule has 0 aliphatic carbocycles. The number of carbonyl (C=O) groups is 1. The van der Waals surface area contributed by atoms with E-state index in [-0.39, 0.29) is 13.1 Å². The SMILES string of the molecule is CS(=O)(=O)NCCNC(=O)NCCc1noc(-c2ccccc2)n1. The van der Waals surface area contributed by atoms with Crippen LogP contribution in [-0.2, 0) is 16.4 Å². The molecule has 130 valence electrons. The number of carbonyl (C=O) groups excluding carboxylic acids is 1. The molecule has 24 heavy (non-hydrogen) atoms. The summed E-state index contributed by atoms with van der Waals surface area (Å²) in [4.78, 5) is 15.8. The lowest BCUT2D eigenvalue weighted by Gasteiger charge is -2.06. The summed E-state index contributed by atoms with van der Waals surface area (Å²) in [5.41, 5.74) is 0.834. The Hall–Kier alpha value is -2.46. The van der Waals surface area contributed by atoms with Crippen molar-refractivity contribution in [1.82, 2.24) is 25.5 Å². The third kappa shape index (κ3) is 6.34. The Kier molecular flexibility index (Phi) is 6.27. The maximum Gasteiger partial charge on any atom is 0.314 e. The highest BCUT2D eigenvalue weighted by molar-refractivity contribution is 7.88. The van der Waals surface area contributed by atoms with Crippen LogP contribution in [0.15, 0.2) is 34.9 Å². The van der Waals surface area contributed by atoms with Crippen molar-refractivity contribution in [2.24, 2.45) is 0 Å². The molecular formula is C14H19N5O4S. The van der Waals surface area contributed by atoms with E-state index in [0.29, 0.717) is 24.7 Å². The van der Waals surface area contributed by atoms with Gasteiger partial charge in [0, 0.05) is 31.6 Å². The second kappa shape index (κ2) is 8.41. The zero-order valence-corrected chi connectivity index (χ0v) is 14.0. The third-order valence-electron chi connectivity index (χ3n) is 2.90. The van der Waals surface area contributed by atoms with E-state index in [1.165, 1.54) is 0 Å². The molecule has 2 amide bonds. The lowest BCUT2D eigenvalue weighted by Crippen LogP contribution is -2.40. The monoisotopic (exact) mass is 353 g/mol. The van der Waals surface area contributed by atoms with Gasteiger partial charge in [-0.15, -0.1) is 0 Å². The minimum atomic E-state index is -3.24. The van der Waals surface area contributed by atoms with Crippen LogP contribution < -0.4 is 15.4 Å². The summed E-state index contributed by atoms with van der Waals surface area (Å²) in [6, 6.07) is 9.00. The van der Waals surface area contributed by atoms with Crippen molar-refractivity contribution in [2.45, 2.75) is 6.42 Å². The molecule has 1 aromatic heterocycles. The fourth-order valence-electron chi connectivity index (χ4n) is 1.82. The van der Waals surface area contributed by atoms with Crippen LogP contribution in [0.4, 0.5) is 4.79 Å². The summed E-state index contributed by atoms with van der Waals surface area (Å²) < 4.78 is 29.1. The quantitative estimate of drug-likeness (QED) is 0.579. The van der Waals surface area contributed by atoms with E-state index in [0.717, 1.165) is 11.8 Å². The molecule has 9 nitrogen and oxygen atoms in total. The number of benzene rings is 1. The molecule has 0 fully saturated rings. The van der Waals surface area contributed by atoms with Crippen LogP contribution in [0.5, 0.6) is 0 Å². The smallest absolute Gasteiger partial charge is 0.314 e. The van der Waals surface area contributed by atoms with Gasteiger partial charge >= 0.3 is 6.03 Å². The molecule has 0 unspecified atom stereocenters. The molecule has 2 aromatic rings. The summed E-state index contributed by atoms with van der Waals surface area (Å²) in [6.45, 7) is 0.663. The van der Waals surface area contributed by atoms with E-state index < -0.39 is 16.1 Å². The second-order valence-electron chi connectivity index (χ2n) is 4.98. The first-order valence-electron chi connectivity index (χ1n) is 7.28. The maximum atomic E-state index is 11.5. The lowest BCUT2D eigenvalue weighted by atomic mass is 10.2. The number of hydrogen-bond donors (Lipinski definition) is 3. The molecule has 1 heterocycles. The molecule has 0 saturated heterocycles. The summed E-state index contributed by atoms with van der Waals surface area (Å²) in [7, 11) is -3.24. The van der Waals surface area contributed by atoms with Gasteiger partial charge in [0.1, 0.15) is 0 Å². The molecule has 2 rings (SSSR count). The predicted molar refractivity (Wildman–Crippen MR) is 87.7 cm³/mol. The maximum absolute atomic E-state index is 11.5. The summed E-state index contributed by atoms with van der Waals surface area (Å²) in [5, 5.41) is 9.02. The van der Waals surface area contributed by atoms with Crippen LogP contribution in [0, 0.1) is 0 Å². The van der Waals surface area contributed by atoms with E-state index in [1.54, 1.807) is 0 Å². The largest absolute Gasteiger partial charge is 0.338 e. The van der Waals surface area contributed by atoms with E-state index in [9.17, 15) is 13.2 Å². The third-order valence-corrected chi connectivity index (χ3v) is 3.63. The first-order chi connectivity index (χ1) is 11.4. The Morgan fingerprint density at radius 3 is 2.54 bits per heavy atom. The van der Waals surface area contributed by atoms with Crippen molar-refractivity contribution in [1.29, 1.82) is 0 Å². The summed E-state index contributed by atoms with van der Waals surface area (Å²) in [6.07, 6.45) is 1.48. The van der Waals surface area contributed by atoms with Gasteiger partial charge in [0.25, 0.3) is 5.89 Å². The second-order valence-corrected chi connectivity index (χ2v) is 6.81. The van der Waals surface area contributed by atoms with Crippen molar-refractivity contribution in [2.75, 3.05) is 25.9 Å². The van der Waals surface area contributed by atoms with Gasteiger partial charge in [-0.1, -0.05) is 23.4 Å². The van der Waals surface area contributed by atoms with Crippen LogP contribution in [0.3, 0.4) is 0 Å². The number of rotatable bonds is 8. The normalized spacial score (nSPS) is 11.2. The zero-order chi connectivity index (χ0) is 17.4. The molecular weight excluding hydrogens is 334 g/mol. The topological polar surface area (TPSA) is 126 Å². The van der Waals surface area contributed by atoms with Crippen LogP contribution in [0.1, 0.15) is 5.82 Å². The van der Waals surface area contributed by atoms with Gasteiger partial charge in [-0.25, -0.2) is 17.9 Å². The Balaban J connectivity index is 1.67. The molecule has 0 aliphatic rings. The fraction of sp³-hybridized carbons (Fsp3) is 0.357. The van der Waals surface area contributed by atoms with Gasteiger partial charge < -0.3 is 15.2 Å². The number of nitrogens with zero attached hydrogens (tertiary/aromatic N) is 2. The Labute approximate surface area is 139 Å². The zero-order valence-electron chi connectivity index (χ0n) is 13.2. The highest BCUT2D eigenvalue weighted by Gasteiger charge is 2.08. The van der Waals surface area contributed by atoms with Gasteiger partial charge in [-0.2, -0.15) is 4.98 Å². The minimum absolute atomic E-state index is 0.136. The highest BCUT2D eigenvalue weighted by Crippen LogP contribution is 2.15. The Bertz CT molecular complexity index is 760. The Morgan fingerprint density at radius 2 is 1.83 bits per heavy atom. The van der Waals surface area contributed by atoms with Crippen molar-refractivity contribution >= 4 is 16.1 Å². The number of hydrogen-bond acceptors (Lipinski definition) is 6. The van der Waals surface area contributed by atoms with Crippen molar-refractivity contribution in [3.63, 3.8) is 0 Å². The lowest BCUT2D eigenvalue weighted by molar-refractivity contribution is 0.241. The molecule has 0 radical (unpaired) electrons. The van der Waals surface area contributed by atoms with Crippen molar-refractivity contribution in [3.8, 4) is 11.5 Å². The van der Waals surface area contributed by atoms with Crippen LogP contribution >= 0.6 is 0 Å². The van der Waals surface area contributed by atoms with Crippen LogP contribution in [-0.4, -0.2) is 50.5 Å². The number of amides is 2. The highest BCUT2D eigenvalue weighted by atomic mass is 32.2. The number of aromatic nitrogens is 2. The van der Waals surface area contributed by atoms with E-state index >= 15 is 0 Å². The molecule has 0 saturated carbocycles. The van der Waals surface area contributed by atoms with Gasteiger partial charge in [0.05, 0.1) is 6.26 Å². The number of sulfonamides is 1. The Morgan fingerprint density at radius 1 is 1.12 bits per heavy atom. The molecule has 3 N–H and O–H groups in total. The summed E-state index contributed by atoms with van der Waals surface area (Å²) in [5.74, 6) is 0.926. The van der Waals surface area contributed by atoms with Crippen LogP contribution in [0.2, 0.25) is 0 Å². The average Bonchev–Trinajstić information content (AvgIpc) is 3.00. The van der Waals surface area contributed by atoms with Gasteiger partial charge in [0.2, 0.25) is 10.0 Å². The standard InChI is InChI=1S/C14H19N5O4S/c1-24(21,22)17-10-9-16-14(20)15-8-7-12-18-13(23-19-12)11-5-3-2-4-6-11/h2-6,17H,7-10H2,1H3,(H2,15,16,20). The van der Waals surface area contributed by atoms with E-state index in [1.807, 2.05) is 30.3 Å².